The van der Waals surface area contributed by atoms with Crippen LogP contribution in [0, 0.1) is 0 Å². The van der Waals surface area contributed by atoms with E-state index < -0.39 is 0 Å². The zero-order valence-electron chi connectivity index (χ0n) is 15.2. The maximum Gasteiger partial charge on any atom is 0.239 e. The molecule has 0 saturated heterocycles. The minimum absolute atomic E-state index is 0.0153. The van der Waals surface area contributed by atoms with Crippen molar-refractivity contribution < 1.29 is 14.3 Å². The predicted octanol–water partition coefficient (Wildman–Crippen LogP) is 3.32. The molecule has 0 spiro atoms. The molecule has 0 atom stereocenters. The van der Waals surface area contributed by atoms with Crippen LogP contribution in [0.2, 0.25) is 0 Å². The van der Waals surface area contributed by atoms with Crippen LogP contribution < -0.4 is 19.7 Å². The average Bonchev–Trinajstić information content (AvgIpc) is 2.88. The van der Waals surface area contributed by atoms with Crippen molar-refractivity contribution in [1.29, 1.82) is 0 Å². The van der Waals surface area contributed by atoms with Gasteiger partial charge in [-0.25, -0.2) is 0 Å². The largest absolute Gasteiger partial charge is 0.493 e. The molecule has 0 aliphatic carbocycles. The Morgan fingerprint density at radius 2 is 1.96 bits per heavy atom. The number of anilines is 1. The van der Waals surface area contributed by atoms with Crippen LogP contribution in [0.25, 0.3) is 0 Å². The molecular formula is C20H24N2O3S. The number of nitrogens with one attached hydrogen (secondary N) is 1. The van der Waals surface area contributed by atoms with Crippen LogP contribution in [0.1, 0.15) is 12.0 Å². The molecule has 0 aromatic heterocycles. The number of ether oxygens (including phenoxy) is 2. The minimum atomic E-state index is 0.0153. The summed E-state index contributed by atoms with van der Waals surface area (Å²) < 4.78 is 10.6. The van der Waals surface area contributed by atoms with E-state index in [4.69, 9.17) is 9.47 Å². The van der Waals surface area contributed by atoms with Crippen LogP contribution >= 0.6 is 11.8 Å². The topological polar surface area (TPSA) is 50.8 Å². The highest BCUT2D eigenvalue weighted by Crippen LogP contribution is 2.33. The Balaban J connectivity index is 1.61. The van der Waals surface area contributed by atoms with Gasteiger partial charge in [-0.15, -0.1) is 11.8 Å². The van der Waals surface area contributed by atoms with E-state index in [1.807, 2.05) is 42.1 Å². The third-order valence-corrected chi connectivity index (χ3v) is 5.46. The van der Waals surface area contributed by atoms with E-state index in [0.29, 0.717) is 24.6 Å². The highest BCUT2D eigenvalue weighted by Gasteiger charge is 2.17. The van der Waals surface area contributed by atoms with Gasteiger partial charge in [0.05, 0.1) is 26.5 Å². The van der Waals surface area contributed by atoms with Gasteiger partial charge in [0.2, 0.25) is 5.91 Å². The standard InChI is InChI=1S/C20H24N2O3S/c1-24-17-9-8-15(12-18(17)25-2)13-21-20(23)14-22-10-5-11-26-19-7-4-3-6-16(19)22/h3-4,6-9,12H,5,10-11,13-14H2,1-2H3,(H,21,23). The fourth-order valence-corrected chi connectivity index (χ4v) is 4.00. The molecule has 2 aromatic rings. The number of hydrogen-bond donors (Lipinski definition) is 1. The summed E-state index contributed by atoms with van der Waals surface area (Å²) in [5, 5.41) is 3.00. The van der Waals surface area contributed by atoms with Gasteiger partial charge in [-0.05, 0) is 42.0 Å². The van der Waals surface area contributed by atoms with Gasteiger partial charge in [0.25, 0.3) is 0 Å². The van der Waals surface area contributed by atoms with Crippen molar-refractivity contribution in [2.24, 2.45) is 0 Å². The van der Waals surface area contributed by atoms with Crippen LogP contribution in [0.3, 0.4) is 0 Å². The van der Waals surface area contributed by atoms with Crippen LogP contribution in [-0.2, 0) is 11.3 Å². The van der Waals surface area contributed by atoms with E-state index in [9.17, 15) is 4.79 Å². The fourth-order valence-electron chi connectivity index (χ4n) is 2.98. The number of rotatable bonds is 6. The van der Waals surface area contributed by atoms with Gasteiger partial charge in [-0.3, -0.25) is 4.79 Å². The van der Waals surface area contributed by atoms with Crippen LogP contribution in [0.4, 0.5) is 5.69 Å². The smallest absolute Gasteiger partial charge is 0.239 e. The monoisotopic (exact) mass is 372 g/mol. The number of benzene rings is 2. The normalized spacial score (nSPS) is 13.5. The van der Waals surface area contributed by atoms with Gasteiger partial charge in [0.1, 0.15) is 0 Å². The van der Waals surface area contributed by atoms with Crippen molar-refractivity contribution in [3.63, 3.8) is 0 Å². The summed E-state index contributed by atoms with van der Waals surface area (Å²) in [7, 11) is 3.21. The summed E-state index contributed by atoms with van der Waals surface area (Å²) >= 11 is 1.86. The molecule has 138 valence electrons. The van der Waals surface area contributed by atoms with Crippen LogP contribution in [-0.4, -0.2) is 39.0 Å². The van der Waals surface area contributed by atoms with Gasteiger partial charge in [-0.1, -0.05) is 18.2 Å². The minimum Gasteiger partial charge on any atom is -0.493 e. The van der Waals surface area contributed by atoms with Gasteiger partial charge in [0, 0.05) is 18.0 Å². The number of para-hydroxylation sites is 1. The van der Waals surface area contributed by atoms with E-state index in [-0.39, 0.29) is 5.91 Å². The summed E-state index contributed by atoms with van der Waals surface area (Å²) in [5.41, 5.74) is 2.12. The number of carbonyl (C=O) groups is 1. The Bertz CT molecular complexity index is 766. The average molecular weight is 372 g/mol. The lowest BCUT2D eigenvalue weighted by atomic mass is 10.2. The molecule has 1 aliphatic heterocycles. The molecule has 2 aromatic carbocycles. The van der Waals surface area contributed by atoms with E-state index in [0.717, 1.165) is 30.0 Å². The van der Waals surface area contributed by atoms with Crippen LogP contribution in [0.5, 0.6) is 11.5 Å². The molecule has 1 amide bonds. The Hall–Kier alpha value is -2.34. The molecule has 0 unspecified atom stereocenters. The first-order valence-corrected chi connectivity index (χ1v) is 9.64. The maximum atomic E-state index is 12.5. The number of carbonyl (C=O) groups excluding carboxylic acids is 1. The number of fused-ring (bicyclic) bond motifs is 1. The lowest BCUT2D eigenvalue weighted by molar-refractivity contribution is -0.119. The van der Waals surface area contributed by atoms with E-state index in [2.05, 4.69) is 22.3 Å². The Morgan fingerprint density at radius 3 is 2.77 bits per heavy atom. The first kappa shape index (κ1) is 18.5. The van der Waals surface area contributed by atoms with Crippen molar-refractivity contribution in [2.45, 2.75) is 17.9 Å². The van der Waals surface area contributed by atoms with Gasteiger partial charge >= 0.3 is 0 Å². The lowest BCUT2D eigenvalue weighted by Gasteiger charge is -2.23. The molecule has 1 N–H and O–H groups in total. The van der Waals surface area contributed by atoms with E-state index in [1.54, 1.807) is 14.2 Å². The zero-order chi connectivity index (χ0) is 18.4. The second-order valence-electron chi connectivity index (χ2n) is 6.06. The summed E-state index contributed by atoms with van der Waals surface area (Å²) in [6.45, 7) is 1.72. The number of thioether (sulfide) groups is 1. The lowest BCUT2D eigenvalue weighted by Crippen LogP contribution is -2.37. The van der Waals surface area contributed by atoms with Crippen LogP contribution in [0.15, 0.2) is 47.4 Å². The highest BCUT2D eigenvalue weighted by atomic mass is 32.2. The molecule has 5 nitrogen and oxygen atoms in total. The molecule has 0 fully saturated rings. The second-order valence-corrected chi connectivity index (χ2v) is 7.19. The van der Waals surface area contributed by atoms with E-state index >= 15 is 0 Å². The molecular weight excluding hydrogens is 348 g/mol. The summed E-state index contributed by atoms with van der Waals surface area (Å²) in [6.07, 6.45) is 1.07. The SMILES string of the molecule is COc1ccc(CNC(=O)CN2CCCSc3ccccc32)cc1OC. The molecule has 3 rings (SSSR count). The number of hydrogen-bond acceptors (Lipinski definition) is 5. The Kier molecular flexibility index (Phi) is 6.28. The second kappa shape index (κ2) is 8.85. The van der Waals surface area contributed by atoms with Gasteiger partial charge in [-0.2, -0.15) is 0 Å². The van der Waals surface area contributed by atoms with E-state index in [1.165, 1.54) is 4.90 Å². The van der Waals surface area contributed by atoms with Gasteiger partial charge < -0.3 is 19.7 Å². The number of methoxy groups -OCH3 is 2. The third-order valence-electron chi connectivity index (χ3n) is 4.31. The summed E-state index contributed by atoms with van der Waals surface area (Å²) in [5.74, 6) is 2.45. The first-order chi connectivity index (χ1) is 12.7. The van der Waals surface area contributed by atoms with Crippen molar-refractivity contribution >= 4 is 23.4 Å². The summed E-state index contributed by atoms with van der Waals surface area (Å²) in [4.78, 5) is 15.9. The molecule has 1 heterocycles. The van der Waals surface area contributed by atoms with Crippen molar-refractivity contribution in [2.75, 3.05) is 38.0 Å². The Labute approximate surface area is 158 Å². The molecule has 0 bridgehead atoms. The predicted molar refractivity (Wildman–Crippen MR) is 105 cm³/mol. The number of amides is 1. The summed E-state index contributed by atoms with van der Waals surface area (Å²) in [6, 6.07) is 14.0. The molecule has 0 saturated carbocycles. The molecule has 1 aliphatic rings. The van der Waals surface area contributed by atoms with Crippen molar-refractivity contribution in [3.05, 3.63) is 48.0 Å². The molecule has 0 radical (unpaired) electrons. The van der Waals surface area contributed by atoms with Gasteiger partial charge in [0.15, 0.2) is 11.5 Å². The third kappa shape index (κ3) is 4.43. The number of nitrogens with zero attached hydrogens (tertiary/aromatic N) is 1. The van der Waals surface area contributed by atoms with Crippen molar-refractivity contribution in [1.82, 2.24) is 5.32 Å². The first-order valence-electron chi connectivity index (χ1n) is 8.65. The highest BCUT2D eigenvalue weighted by molar-refractivity contribution is 7.99. The fraction of sp³-hybridized carbons (Fsp3) is 0.350. The molecule has 26 heavy (non-hydrogen) atoms. The van der Waals surface area contributed by atoms with Crippen molar-refractivity contribution in [3.8, 4) is 11.5 Å². The molecule has 6 heteroatoms. The zero-order valence-corrected chi connectivity index (χ0v) is 16.0. The maximum absolute atomic E-state index is 12.5. The Morgan fingerprint density at radius 1 is 1.15 bits per heavy atom. The quantitative estimate of drug-likeness (QED) is 0.843.